The molecule has 0 radical (unpaired) electrons. The summed E-state index contributed by atoms with van der Waals surface area (Å²) in [6, 6.07) is -4.67. The average molecular weight is 1280 g/mol. The number of phenols is 1. The molecule has 0 fully saturated rings. The predicted molar refractivity (Wildman–Crippen MR) is 352 cm³/mol. The molecule has 0 saturated carbocycles. The molecule has 0 aliphatic heterocycles. The van der Waals surface area contributed by atoms with Crippen LogP contribution in [0.3, 0.4) is 0 Å². The molecular formula is C67H115N11O13. The quantitative estimate of drug-likeness (QED) is 0.0510. The highest BCUT2D eigenvalue weighted by Crippen LogP contribution is 2.26. The number of primary amides is 1. The lowest BCUT2D eigenvalue weighted by Gasteiger charge is -2.41. The van der Waals surface area contributed by atoms with Crippen molar-refractivity contribution in [3.8, 4) is 5.75 Å². The van der Waals surface area contributed by atoms with Crippen molar-refractivity contribution in [1.82, 2.24) is 50.2 Å². The molecule has 0 bridgehead atoms. The molecule has 11 amide bonds. The lowest BCUT2D eigenvalue weighted by atomic mass is 9.91. The fourth-order valence-electron chi connectivity index (χ4n) is 10.9. The molecule has 516 valence electrons. The highest BCUT2D eigenvalue weighted by Gasteiger charge is 2.45. The molecule has 12 atom stereocenters. The number of carbonyl (C=O) groups excluding carboxylic acids is 11. The number of likely N-dealkylation sites (N-methyl/N-ethyl adjacent to an activating group) is 7. The van der Waals surface area contributed by atoms with Gasteiger partial charge in [-0.3, -0.25) is 52.7 Å². The minimum atomic E-state index is -1.63. The molecule has 24 heteroatoms. The molecule has 0 spiro atoms. The van der Waals surface area contributed by atoms with Crippen LogP contribution in [0, 0.1) is 41.4 Å². The van der Waals surface area contributed by atoms with Crippen LogP contribution >= 0.6 is 0 Å². The monoisotopic (exact) mass is 1280 g/mol. The number of carbonyl (C=O) groups is 11. The van der Waals surface area contributed by atoms with Gasteiger partial charge in [0.05, 0.1) is 12.6 Å². The molecule has 0 aliphatic rings. The Labute approximate surface area is 543 Å². The number of phenolic OH excluding ortho intramolecular Hbond substituents is 1. The Kier molecular flexibility index (Phi) is 34.2. The zero-order valence-corrected chi connectivity index (χ0v) is 59.0. The zero-order valence-electron chi connectivity index (χ0n) is 59.0. The van der Waals surface area contributed by atoms with Crippen molar-refractivity contribution in [2.24, 2.45) is 47.2 Å². The first kappa shape index (κ1) is 81.9. The normalized spacial score (nSPS) is 15.7. The standard InChI is InChI=1S/C67H115N11O13/c1-24-27-28-43(14)57(81)56(61(85)71-49(26-3)64(88)72(17)37-54(80)73(18)50(58(68)82)36-46-29-31-47(79)32-30-46)78(23)67(91)55(42(12)13)77(22)66(90)53(35-40(8)9)76(21)65(89)52(34-39(6)7)75(20)63(87)45(16)69-59(83)48(25-2)70-60(84)51(33-38(4)5)74(19)62(86)44(15)41(10)11/h24,27,29-32,38-45,48-53,55-57,79,81H,25-26,28,33-37H2,1-23H3,(H2,68,82)(H,69,83)(H,70,84)(H,71,85)/b27-24+/t43-,44-,45+,48?,49-,50+,51+,52-,53-,55+,56?,57+/m1/s1. The number of amides is 11. The number of nitrogens with two attached hydrogens (primary N) is 1. The van der Waals surface area contributed by atoms with E-state index in [1.54, 1.807) is 72.9 Å². The van der Waals surface area contributed by atoms with Gasteiger partial charge < -0.3 is 66.2 Å². The van der Waals surface area contributed by atoms with E-state index in [-0.39, 0.29) is 73.4 Å². The van der Waals surface area contributed by atoms with E-state index < -0.39 is 138 Å². The minimum Gasteiger partial charge on any atom is -0.508 e. The fourth-order valence-corrected chi connectivity index (χ4v) is 10.9. The first-order chi connectivity index (χ1) is 42.1. The third kappa shape index (κ3) is 23.8. The number of aliphatic hydroxyl groups is 1. The van der Waals surface area contributed by atoms with Gasteiger partial charge in [-0.25, -0.2) is 0 Å². The molecule has 24 nitrogen and oxygen atoms in total. The van der Waals surface area contributed by atoms with Gasteiger partial charge in [0.25, 0.3) is 0 Å². The number of hydrogen-bond acceptors (Lipinski definition) is 13. The Bertz CT molecular complexity index is 2630. The summed E-state index contributed by atoms with van der Waals surface area (Å²) in [6.45, 7) is 28.2. The number of nitrogens with one attached hydrogen (secondary N) is 3. The van der Waals surface area contributed by atoms with Crippen LogP contribution in [0.2, 0.25) is 0 Å². The highest BCUT2D eigenvalue weighted by atomic mass is 16.3. The summed E-state index contributed by atoms with van der Waals surface area (Å²) in [5.41, 5.74) is 6.33. The molecule has 1 aromatic carbocycles. The van der Waals surface area contributed by atoms with Crippen LogP contribution in [0.5, 0.6) is 5.75 Å². The maximum absolute atomic E-state index is 15.2. The van der Waals surface area contributed by atoms with Crippen LogP contribution in [0.1, 0.15) is 155 Å². The molecule has 1 rings (SSSR count). The molecule has 0 saturated heterocycles. The Balaban J connectivity index is 3.65. The van der Waals surface area contributed by atoms with Crippen LogP contribution in [0.25, 0.3) is 0 Å². The Morgan fingerprint density at radius 3 is 1.41 bits per heavy atom. The van der Waals surface area contributed by atoms with Gasteiger partial charge >= 0.3 is 0 Å². The summed E-state index contributed by atoms with van der Waals surface area (Å²) < 4.78 is 0. The summed E-state index contributed by atoms with van der Waals surface area (Å²) in [6.07, 6.45) is 3.19. The van der Waals surface area contributed by atoms with Crippen molar-refractivity contribution in [2.45, 2.75) is 216 Å². The lowest BCUT2D eigenvalue weighted by Crippen LogP contribution is -2.63. The Morgan fingerprint density at radius 2 is 0.956 bits per heavy atom. The molecule has 0 aromatic heterocycles. The summed E-state index contributed by atoms with van der Waals surface area (Å²) in [5, 5.41) is 30.0. The van der Waals surface area contributed by atoms with E-state index in [9.17, 15) is 48.6 Å². The number of rotatable bonds is 37. The SMILES string of the molecule is C/C=C/C[C@@H](C)[C@H](O)C(C(=O)N[C@H](CC)C(=O)N(C)CC(=O)N(C)[C@@H](Cc1ccc(O)cc1)C(N)=O)N(C)C(=O)[C@H](C(C)C)N(C)C(=O)[C@@H](CC(C)C)N(C)C(=O)[C@@H](CC(C)C)N(C)C(=O)[C@H](C)NC(=O)C(CC)NC(=O)[C@H](CC(C)C)N(C)C(=O)[C@H](C)C(C)C. The molecule has 1 aromatic rings. The van der Waals surface area contributed by atoms with Crippen molar-refractivity contribution in [3.05, 3.63) is 42.0 Å². The van der Waals surface area contributed by atoms with Crippen LogP contribution < -0.4 is 21.7 Å². The maximum atomic E-state index is 15.2. The first-order valence-corrected chi connectivity index (χ1v) is 32.3. The van der Waals surface area contributed by atoms with E-state index >= 15 is 14.4 Å². The number of aromatic hydroxyl groups is 1. The van der Waals surface area contributed by atoms with Crippen LogP contribution in [0.15, 0.2) is 36.4 Å². The average Bonchev–Trinajstić information content (AvgIpc) is 0.905. The van der Waals surface area contributed by atoms with Gasteiger partial charge in [-0.2, -0.15) is 0 Å². The molecule has 0 aliphatic carbocycles. The van der Waals surface area contributed by atoms with E-state index in [1.807, 2.05) is 62.3 Å². The first-order valence-electron chi connectivity index (χ1n) is 32.3. The van der Waals surface area contributed by atoms with Gasteiger partial charge in [-0.05, 0) is 106 Å². The summed E-state index contributed by atoms with van der Waals surface area (Å²) in [7, 11) is 9.98. The largest absolute Gasteiger partial charge is 0.508 e. The second-order valence-corrected chi connectivity index (χ2v) is 26.8. The summed E-state index contributed by atoms with van der Waals surface area (Å²) >= 11 is 0. The van der Waals surface area contributed by atoms with Crippen LogP contribution in [0.4, 0.5) is 0 Å². The molecule has 91 heavy (non-hydrogen) atoms. The zero-order chi connectivity index (χ0) is 70.4. The number of aliphatic hydroxyl groups excluding tert-OH is 1. The Hall–Kier alpha value is -7.11. The number of nitrogens with zero attached hydrogens (tertiary/aromatic N) is 7. The Morgan fingerprint density at radius 1 is 0.505 bits per heavy atom. The van der Waals surface area contributed by atoms with Gasteiger partial charge in [-0.1, -0.05) is 121 Å². The maximum Gasteiger partial charge on any atom is 0.246 e. The van der Waals surface area contributed by atoms with Crippen LogP contribution in [-0.2, 0) is 59.2 Å². The van der Waals surface area contributed by atoms with E-state index in [1.165, 1.54) is 80.9 Å². The van der Waals surface area contributed by atoms with Gasteiger partial charge in [0.1, 0.15) is 60.1 Å². The molecular weight excluding hydrogens is 1170 g/mol. The van der Waals surface area contributed by atoms with Gasteiger partial charge in [-0.15, -0.1) is 0 Å². The van der Waals surface area contributed by atoms with E-state index in [0.717, 1.165) is 14.7 Å². The smallest absolute Gasteiger partial charge is 0.246 e. The fraction of sp³-hybridized carbons (Fsp3) is 0.716. The van der Waals surface area contributed by atoms with Crippen LogP contribution in [-0.4, -0.2) is 226 Å². The molecule has 2 unspecified atom stereocenters. The molecule has 0 heterocycles. The number of hydrogen-bond donors (Lipinski definition) is 6. The van der Waals surface area contributed by atoms with Crippen molar-refractivity contribution in [3.63, 3.8) is 0 Å². The van der Waals surface area contributed by atoms with E-state index in [4.69, 9.17) is 5.73 Å². The third-order valence-electron chi connectivity index (χ3n) is 17.2. The number of allylic oxidation sites excluding steroid dienone is 2. The van der Waals surface area contributed by atoms with Gasteiger partial charge in [0, 0.05) is 61.7 Å². The van der Waals surface area contributed by atoms with Crippen molar-refractivity contribution >= 4 is 65.0 Å². The van der Waals surface area contributed by atoms with E-state index in [2.05, 4.69) is 16.0 Å². The predicted octanol–water partition coefficient (Wildman–Crippen LogP) is 4.18. The third-order valence-corrected chi connectivity index (χ3v) is 17.2. The summed E-state index contributed by atoms with van der Waals surface area (Å²) in [4.78, 5) is 164. The minimum absolute atomic E-state index is 0.0111. The second kappa shape index (κ2) is 38.0. The number of benzene rings is 1. The lowest BCUT2D eigenvalue weighted by molar-refractivity contribution is -0.157. The van der Waals surface area contributed by atoms with Gasteiger partial charge in [0.15, 0.2) is 0 Å². The van der Waals surface area contributed by atoms with Crippen molar-refractivity contribution < 1.29 is 63.0 Å². The highest BCUT2D eigenvalue weighted by molar-refractivity contribution is 5.99. The second-order valence-electron chi connectivity index (χ2n) is 26.8. The van der Waals surface area contributed by atoms with Gasteiger partial charge in [0.2, 0.25) is 65.0 Å². The van der Waals surface area contributed by atoms with E-state index in [0.29, 0.717) is 18.4 Å². The molecule has 7 N–H and O–H groups in total. The topological polar surface area (TPSA) is 313 Å². The summed E-state index contributed by atoms with van der Waals surface area (Å²) in [5.74, 6) is -8.76. The van der Waals surface area contributed by atoms with Crippen molar-refractivity contribution in [2.75, 3.05) is 55.9 Å². The van der Waals surface area contributed by atoms with Crippen molar-refractivity contribution in [1.29, 1.82) is 0 Å².